The van der Waals surface area contributed by atoms with Crippen LogP contribution in [0.3, 0.4) is 0 Å². The molecule has 0 unspecified atom stereocenters. The first kappa shape index (κ1) is 11.0. The van der Waals surface area contributed by atoms with Crippen LogP contribution in [0.4, 0.5) is 5.82 Å². The van der Waals surface area contributed by atoms with E-state index in [0.717, 1.165) is 16.3 Å². The number of aromatic nitrogens is 2. The summed E-state index contributed by atoms with van der Waals surface area (Å²) in [5, 5.41) is 0. The van der Waals surface area contributed by atoms with Gasteiger partial charge in [0.1, 0.15) is 5.82 Å². The van der Waals surface area contributed by atoms with E-state index >= 15 is 0 Å². The van der Waals surface area contributed by atoms with Crippen molar-refractivity contribution < 1.29 is 0 Å². The molecule has 0 atom stereocenters. The minimum Gasteiger partial charge on any atom is -0.384 e. The molecule has 2 rings (SSSR count). The molecule has 0 amide bonds. The summed E-state index contributed by atoms with van der Waals surface area (Å²) in [7, 11) is 0. The van der Waals surface area contributed by atoms with E-state index in [-0.39, 0.29) is 0 Å². The van der Waals surface area contributed by atoms with E-state index in [1.165, 1.54) is 5.56 Å². The summed E-state index contributed by atoms with van der Waals surface area (Å²) in [4.78, 5) is 9.51. The second kappa shape index (κ2) is 4.99. The molecule has 2 aromatic heterocycles. The Morgan fingerprint density at radius 3 is 2.81 bits per heavy atom. The van der Waals surface area contributed by atoms with Gasteiger partial charge in [-0.2, -0.15) is 0 Å². The van der Waals surface area contributed by atoms with Crippen molar-refractivity contribution in [3.05, 3.63) is 47.9 Å². The molecule has 0 aliphatic carbocycles. The zero-order valence-corrected chi connectivity index (χ0v) is 9.87. The number of nitrogen functional groups attached to an aromatic ring is 1. The molecular formula is C12H13N3S. The lowest BCUT2D eigenvalue weighted by atomic mass is 10.2. The smallest absolute Gasteiger partial charge is 0.123 e. The van der Waals surface area contributed by atoms with Crippen LogP contribution in [-0.2, 0) is 5.75 Å². The molecule has 2 aromatic rings. The van der Waals surface area contributed by atoms with Gasteiger partial charge in [0.2, 0.25) is 0 Å². The Hall–Kier alpha value is -1.55. The molecule has 0 aromatic carbocycles. The minimum absolute atomic E-state index is 0.554. The van der Waals surface area contributed by atoms with Gasteiger partial charge in [0, 0.05) is 23.0 Å². The molecule has 0 radical (unpaired) electrons. The van der Waals surface area contributed by atoms with Gasteiger partial charge in [0.25, 0.3) is 0 Å². The van der Waals surface area contributed by atoms with Crippen LogP contribution in [0.25, 0.3) is 0 Å². The summed E-state index contributed by atoms with van der Waals surface area (Å²) in [6.07, 6.45) is 3.61. The lowest BCUT2D eigenvalue weighted by Gasteiger charge is -2.04. The number of nitrogens with zero attached hydrogens (tertiary/aromatic N) is 2. The summed E-state index contributed by atoms with van der Waals surface area (Å²) >= 11 is 1.72. The van der Waals surface area contributed by atoms with Crippen molar-refractivity contribution >= 4 is 17.6 Å². The Morgan fingerprint density at radius 1 is 1.25 bits per heavy atom. The minimum atomic E-state index is 0.554. The Morgan fingerprint density at radius 2 is 2.12 bits per heavy atom. The fraction of sp³-hybridized carbons (Fsp3) is 0.167. The van der Waals surface area contributed by atoms with E-state index in [4.69, 9.17) is 5.73 Å². The van der Waals surface area contributed by atoms with E-state index in [1.54, 1.807) is 18.0 Å². The molecule has 82 valence electrons. The molecule has 2 heterocycles. The predicted molar refractivity (Wildman–Crippen MR) is 67.2 cm³/mol. The molecule has 0 fully saturated rings. The molecule has 0 bridgehead atoms. The predicted octanol–water partition coefficient (Wildman–Crippen LogP) is 2.66. The molecule has 3 nitrogen and oxygen atoms in total. The second-order valence-corrected chi connectivity index (χ2v) is 4.52. The van der Waals surface area contributed by atoms with E-state index in [2.05, 4.69) is 23.0 Å². The molecule has 16 heavy (non-hydrogen) atoms. The Bertz CT molecular complexity index is 468. The third-order valence-electron chi connectivity index (χ3n) is 2.25. The lowest BCUT2D eigenvalue weighted by molar-refractivity contribution is 1.12. The third kappa shape index (κ3) is 2.73. The molecule has 0 spiro atoms. The molecule has 2 N–H and O–H groups in total. The first-order valence-electron chi connectivity index (χ1n) is 5.00. The van der Waals surface area contributed by atoms with Gasteiger partial charge in [-0.25, -0.2) is 4.98 Å². The standard InChI is InChI=1S/C12H13N3S/c1-9-3-2-6-14-11(9)8-16-10-4-5-12(13)15-7-10/h2-7H,8H2,1H3,(H2,13,15). The first-order chi connectivity index (χ1) is 7.75. The Kier molecular flexibility index (Phi) is 3.41. The monoisotopic (exact) mass is 231 g/mol. The molecule has 0 saturated heterocycles. The summed E-state index contributed by atoms with van der Waals surface area (Å²) in [5.41, 5.74) is 7.86. The van der Waals surface area contributed by atoms with Crippen LogP contribution < -0.4 is 5.73 Å². The normalized spacial score (nSPS) is 10.3. The maximum Gasteiger partial charge on any atom is 0.123 e. The summed E-state index contributed by atoms with van der Waals surface area (Å²) < 4.78 is 0. The topological polar surface area (TPSA) is 51.8 Å². The van der Waals surface area contributed by atoms with Crippen LogP contribution in [-0.4, -0.2) is 9.97 Å². The van der Waals surface area contributed by atoms with Crippen LogP contribution >= 0.6 is 11.8 Å². The average molecular weight is 231 g/mol. The third-order valence-corrected chi connectivity index (χ3v) is 3.25. The van der Waals surface area contributed by atoms with Crippen LogP contribution in [0.2, 0.25) is 0 Å². The van der Waals surface area contributed by atoms with Gasteiger partial charge in [-0.15, -0.1) is 11.8 Å². The van der Waals surface area contributed by atoms with Crippen molar-refractivity contribution in [1.82, 2.24) is 9.97 Å². The van der Waals surface area contributed by atoms with Crippen molar-refractivity contribution in [3.8, 4) is 0 Å². The van der Waals surface area contributed by atoms with E-state index in [0.29, 0.717) is 5.82 Å². The number of hydrogen-bond acceptors (Lipinski definition) is 4. The second-order valence-electron chi connectivity index (χ2n) is 3.47. The molecule has 4 heteroatoms. The van der Waals surface area contributed by atoms with Gasteiger partial charge in [0.05, 0.1) is 5.69 Å². The summed E-state index contributed by atoms with van der Waals surface area (Å²) in [6, 6.07) is 7.82. The number of pyridine rings is 2. The number of thioether (sulfide) groups is 1. The zero-order valence-electron chi connectivity index (χ0n) is 9.05. The van der Waals surface area contributed by atoms with Gasteiger partial charge < -0.3 is 5.73 Å². The molecular weight excluding hydrogens is 218 g/mol. The van der Waals surface area contributed by atoms with Gasteiger partial charge in [-0.05, 0) is 30.7 Å². The molecule has 0 aliphatic heterocycles. The van der Waals surface area contributed by atoms with Crippen molar-refractivity contribution in [3.63, 3.8) is 0 Å². The fourth-order valence-electron chi connectivity index (χ4n) is 1.30. The van der Waals surface area contributed by atoms with Crippen LogP contribution in [0, 0.1) is 6.92 Å². The SMILES string of the molecule is Cc1cccnc1CSc1ccc(N)nc1. The highest BCUT2D eigenvalue weighted by molar-refractivity contribution is 7.98. The molecule has 0 saturated carbocycles. The van der Waals surface area contributed by atoms with E-state index in [9.17, 15) is 0 Å². The van der Waals surface area contributed by atoms with E-state index in [1.807, 2.05) is 24.4 Å². The number of anilines is 1. The van der Waals surface area contributed by atoms with Crippen LogP contribution in [0.5, 0.6) is 0 Å². The number of aryl methyl sites for hydroxylation is 1. The number of hydrogen-bond donors (Lipinski definition) is 1. The largest absolute Gasteiger partial charge is 0.384 e. The summed E-state index contributed by atoms with van der Waals surface area (Å²) in [6.45, 7) is 2.07. The maximum absolute atomic E-state index is 5.53. The highest BCUT2D eigenvalue weighted by Gasteiger charge is 2.00. The van der Waals surface area contributed by atoms with Crippen molar-refractivity contribution in [1.29, 1.82) is 0 Å². The Balaban J connectivity index is 2.02. The first-order valence-corrected chi connectivity index (χ1v) is 5.99. The highest BCUT2D eigenvalue weighted by Crippen LogP contribution is 2.22. The van der Waals surface area contributed by atoms with Gasteiger partial charge in [0.15, 0.2) is 0 Å². The van der Waals surface area contributed by atoms with Gasteiger partial charge in [-0.3, -0.25) is 4.98 Å². The Labute approximate surface area is 99.1 Å². The van der Waals surface area contributed by atoms with Gasteiger partial charge >= 0.3 is 0 Å². The number of nitrogens with two attached hydrogens (primary N) is 1. The number of rotatable bonds is 3. The van der Waals surface area contributed by atoms with Crippen molar-refractivity contribution in [2.45, 2.75) is 17.6 Å². The highest BCUT2D eigenvalue weighted by atomic mass is 32.2. The zero-order chi connectivity index (χ0) is 11.4. The quantitative estimate of drug-likeness (QED) is 0.825. The lowest BCUT2D eigenvalue weighted by Crippen LogP contribution is -1.91. The fourth-order valence-corrected chi connectivity index (χ4v) is 2.20. The van der Waals surface area contributed by atoms with Crippen molar-refractivity contribution in [2.24, 2.45) is 0 Å². The maximum atomic E-state index is 5.53. The van der Waals surface area contributed by atoms with Crippen LogP contribution in [0.15, 0.2) is 41.6 Å². The van der Waals surface area contributed by atoms with Crippen molar-refractivity contribution in [2.75, 3.05) is 5.73 Å². The van der Waals surface area contributed by atoms with Crippen LogP contribution in [0.1, 0.15) is 11.3 Å². The van der Waals surface area contributed by atoms with E-state index < -0.39 is 0 Å². The summed E-state index contributed by atoms with van der Waals surface area (Å²) in [5.74, 6) is 1.41. The molecule has 0 aliphatic rings. The van der Waals surface area contributed by atoms with Gasteiger partial charge in [-0.1, -0.05) is 6.07 Å². The average Bonchev–Trinajstić information content (AvgIpc) is 2.30.